The first kappa shape index (κ1) is 27.1. The topological polar surface area (TPSA) is 47.9 Å². The Kier molecular flexibility index (Phi) is 13.0. The average Bonchev–Trinajstić information content (AvgIpc) is 2.81. The number of unbranched alkanes of at least 4 members (excludes halogenated alkanes) is 3. The van der Waals surface area contributed by atoms with Crippen molar-refractivity contribution in [3.05, 3.63) is 35.9 Å². The molecule has 1 fully saturated rings. The number of ether oxygens (including phenoxy) is 3. The SMILES string of the molecule is CCCC[C](CCCC)(CCCC)[Sn][C@H]1O[C@@H](OC)C[C@@H](OCc2ccccc2)[C@@H]1O. The fourth-order valence-electron chi connectivity index (χ4n) is 4.48. The van der Waals surface area contributed by atoms with E-state index >= 15 is 0 Å². The molecule has 176 valence electrons. The minimum absolute atomic E-state index is 0.0753. The fraction of sp³-hybridized carbons (Fsp3) is 0.769. The van der Waals surface area contributed by atoms with E-state index in [-0.39, 0.29) is 16.5 Å². The second kappa shape index (κ2) is 14.9. The van der Waals surface area contributed by atoms with E-state index in [0.717, 1.165) is 5.56 Å². The van der Waals surface area contributed by atoms with Crippen LogP contribution >= 0.6 is 0 Å². The molecule has 1 aliphatic rings. The van der Waals surface area contributed by atoms with Crippen LogP contribution in [0, 0.1) is 0 Å². The van der Waals surface area contributed by atoms with Gasteiger partial charge in [0.1, 0.15) is 0 Å². The zero-order valence-electron chi connectivity index (χ0n) is 20.1. The number of benzene rings is 1. The molecule has 4 atom stereocenters. The molecular weight excluding hydrogens is 495 g/mol. The van der Waals surface area contributed by atoms with E-state index in [2.05, 4.69) is 32.9 Å². The molecule has 2 rings (SSSR count). The van der Waals surface area contributed by atoms with Crippen molar-refractivity contribution in [1.82, 2.24) is 0 Å². The van der Waals surface area contributed by atoms with Gasteiger partial charge in [-0.2, -0.15) is 0 Å². The van der Waals surface area contributed by atoms with Gasteiger partial charge in [-0.1, -0.05) is 0 Å². The van der Waals surface area contributed by atoms with Gasteiger partial charge in [0, 0.05) is 0 Å². The molecule has 31 heavy (non-hydrogen) atoms. The minimum atomic E-state index is -1.08. The quantitative estimate of drug-likeness (QED) is 0.275. The number of hydrogen-bond acceptors (Lipinski definition) is 4. The molecule has 1 saturated heterocycles. The molecule has 0 amide bonds. The molecule has 5 heteroatoms. The Morgan fingerprint density at radius 3 is 2.10 bits per heavy atom. The standard InChI is InChI=1S/C13H17O4.C13H27.Sn/c1-15-13-7-12(11(14)9-17-13)16-8-10-5-3-2-4-6-10;1-4-7-10-13(11-8-5-2)12-9-6-3;/h2-6,9,11-14H,7-8H2,1H3;4-12H2,1-3H3;/t11-,12-,13-;;/m1../s1. The van der Waals surface area contributed by atoms with Gasteiger partial charge in [-0.25, -0.2) is 0 Å². The van der Waals surface area contributed by atoms with Gasteiger partial charge in [-0.05, 0) is 0 Å². The first-order valence-corrected chi connectivity index (χ1v) is 15.4. The van der Waals surface area contributed by atoms with Gasteiger partial charge in [0.15, 0.2) is 0 Å². The van der Waals surface area contributed by atoms with Crippen LogP contribution in [0.2, 0.25) is 3.43 Å². The zero-order valence-corrected chi connectivity index (χ0v) is 23.0. The van der Waals surface area contributed by atoms with Crippen LogP contribution in [0.4, 0.5) is 0 Å². The molecule has 0 aromatic heterocycles. The molecule has 2 radical (unpaired) electrons. The second-order valence-corrected chi connectivity index (χ2v) is 14.5. The fourth-order valence-corrected chi connectivity index (χ4v) is 10.7. The Hall–Kier alpha value is -0.141. The average molecular weight is 539 g/mol. The third kappa shape index (κ3) is 8.96. The summed E-state index contributed by atoms with van der Waals surface area (Å²) in [5.41, 5.74) is 1.13. The molecule has 0 bridgehead atoms. The van der Waals surface area contributed by atoms with Crippen LogP contribution in [0.5, 0.6) is 0 Å². The molecule has 1 aliphatic heterocycles. The van der Waals surface area contributed by atoms with Crippen molar-refractivity contribution in [1.29, 1.82) is 0 Å². The molecule has 1 heterocycles. The maximum atomic E-state index is 11.3. The Morgan fingerprint density at radius 1 is 1.00 bits per heavy atom. The van der Waals surface area contributed by atoms with Gasteiger partial charge in [0.05, 0.1) is 0 Å². The van der Waals surface area contributed by atoms with Crippen LogP contribution in [0.1, 0.15) is 90.5 Å². The molecule has 0 unspecified atom stereocenters. The van der Waals surface area contributed by atoms with Crippen molar-refractivity contribution in [2.75, 3.05) is 7.11 Å². The predicted octanol–water partition coefficient (Wildman–Crippen LogP) is 6.09. The van der Waals surface area contributed by atoms with E-state index in [1.807, 2.05) is 18.2 Å². The van der Waals surface area contributed by atoms with E-state index in [1.54, 1.807) is 7.11 Å². The van der Waals surface area contributed by atoms with Crippen molar-refractivity contribution in [3.8, 4) is 0 Å². The van der Waals surface area contributed by atoms with Crippen LogP contribution in [0.15, 0.2) is 30.3 Å². The Labute approximate surface area is 200 Å². The third-order valence-electron chi connectivity index (χ3n) is 6.46. The summed E-state index contributed by atoms with van der Waals surface area (Å²) >= 11 is -1.08. The summed E-state index contributed by atoms with van der Waals surface area (Å²) in [5.74, 6) is 0. The number of hydrogen-bond donors (Lipinski definition) is 1. The summed E-state index contributed by atoms with van der Waals surface area (Å²) in [6.45, 7) is 7.38. The zero-order chi connectivity index (χ0) is 22.5. The number of methoxy groups -OCH3 is 1. The van der Waals surface area contributed by atoms with E-state index in [1.165, 1.54) is 57.8 Å². The van der Waals surface area contributed by atoms with Crippen LogP contribution in [-0.4, -0.2) is 56.0 Å². The molecule has 4 nitrogen and oxygen atoms in total. The van der Waals surface area contributed by atoms with E-state index < -0.39 is 27.2 Å². The normalized spacial score (nSPS) is 24.4. The number of rotatable bonds is 15. The van der Waals surface area contributed by atoms with E-state index in [0.29, 0.717) is 16.5 Å². The van der Waals surface area contributed by atoms with Gasteiger partial charge in [0.2, 0.25) is 0 Å². The Morgan fingerprint density at radius 2 is 1.58 bits per heavy atom. The summed E-state index contributed by atoms with van der Waals surface area (Å²) in [7, 11) is 1.71. The van der Waals surface area contributed by atoms with E-state index in [9.17, 15) is 5.11 Å². The summed E-state index contributed by atoms with van der Waals surface area (Å²) in [6.07, 6.45) is 10.9. The molecule has 0 spiro atoms. The summed E-state index contributed by atoms with van der Waals surface area (Å²) in [5, 5.41) is 11.3. The van der Waals surface area contributed by atoms with Crippen LogP contribution in [0.3, 0.4) is 0 Å². The Bertz CT molecular complexity index is 560. The molecule has 1 aromatic rings. The summed E-state index contributed by atoms with van der Waals surface area (Å²) < 4.78 is 18.5. The number of aliphatic hydroxyl groups is 1. The van der Waals surface area contributed by atoms with Gasteiger partial charge >= 0.3 is 201 Å². The van der Waals surface area contributed by atoms with Gasteiger partial charge in [-0.15, -0.1) is 0 Å². The molecule has 1 N–H and O–H groups in total. The van der Waals surface area contributed by atoms with Crippen LogP contribution < -0.4 is 0 Å². The summed E-state index contributed by atoms with van der Waals surface area (Å²) in [4.78, 5) is 0. The molecule has 1 aromatic carbocycles. The molecule has 0 aliphatic carbocycles. The predicted molar refractivity (Wildman–Crippen MR) is 128 cm³/mol. The number of aliphatic hydroxyl groups excluding tert-OH is 1. The van der Waals surface area contributed by atoms with Gasteiger partial charge < -0.3 is 0 Å². The molecular formula is C26H44O4Sn. The van der Waals surface area contributed by atoms with Crippen molar-refractivity contribution in [3.63, 3.8) is 0 Å². The first-order valence-electron chi connectivity index (χ1n) is 12.4. The van der Waals surface area contributed by atoms with Crippen LogP contribution in [0.25, 0.3) is 0 Å². The van der Waals surface area contributed by atoms with Crippen molar-refractivity contribution in [2.24, 2.45) is 0 Å². The van der Waals surface area contributed by atoms with Gasteiger partial charge in [-0.3, -0.25) is 0 Å². The third-order valence-corrected chi connectivity index (χ3v) is 12.5. The van der Waals surface area contributed by atoms with Crippen molar-refractivity contribution < 1.29 is 19.3 Å². The first-order chi connectivity index (χ1) is 15.1. The van der Waals surface area contributed by atoms with Gasteiger partial charge in [0.25, 0.3) is 0 Å². The van der Waals surface area contributed by atoms with Crippen molar-refractivity contribution >= 4 is 21.1 Å². The monoisotopic (exact) mass is 540 g/mol. The Balaban J connectivity index is 2.13. The molecule has 0 saturated carbocycles. The summed E-state index contributed by atoms with van der Waals surface area (Å²) in [6, 6.07) is 10.2. The maximum absolute atomic E-state index is 11.3. The van der Waals surface area contributed by atoms with Crippen molar-refractivity contribution in [2.45, 2.75) is 118 Å². The van der Waals surface area contributed by atoms with Crippen LogP contribution in [-0.2, 0) is 20.8 Å². The second-order valence-electron chi connectivity index (χ2n) is 9.02. The van der Waals surface area contributed by atoms with E-state index in [4.69, 9.17) is 14.2 Å².